The lowest BCUT2D eigenvalue weighted by Crippen LogP contribution is -2.36. The summed E-state index contributed by atoms with van der Waals surface area (Å²) in [6, 6.07) is 7.47. The monoisotopic (exact) mass is 306 g/mol. The fraction of sp³-hybridized carbons (Fsp3) is 0.588. The van der Waals surface area contributed by atoms with Crippen LogP contribution in [0.5, 0.6) is 0 Å². The van der Waals surface area contributed by atoms with Crippen LogP contribution in [0.25, 0.3) is 0 Å². The van der Waals surface area contributed by atoms with Crippen LogP contribution >= 0.6 is 12.4 Å². The van der Waals surface area contributed by atoms with E-state index in [0.717, 1.165) is 6.42 Å². The zero-order valence-electron chi connectivity index (χ0n) is 12.2. The van der Waals surface area contributed by atoms with E-state index >= 15 is 0 Å². The highest BCUT2D eigenvalue weighted by Gasteiger charge is 2.35. The third kappa shape index (κ3) is 2.95. The highest BCUT2D eigenvalue weighted by Crippen LogP contribution is 2.47. The fourth-order valence-corrected chi connectivity index (χ4v) is 3.89. The van der Waals surface area contributed by atoms with Crippen LogP contribution in [0.2, 0.25) is 0 Å². The predicted molar refractivity (Wildman–Crippen MR) is 85.9 cm³/mol. The first-order chi connectivity index (χ1) is 9.81. The van der Waals surface area contributed by atoms with Gasteiger partial charge in [-0.2, -0.15) is 0 Å². The van der Waals surface area contributed by atoms with Gasteiger partial charge in [0, 0.05) is 6.04 Å². The van der Waals surface area contributed by atoms with Gasteiger partial charge in [0.25, 0.3) is 0 Å². The summed E-state index contributed by atoms with van der Waals surface area (Å²) >= 11 is 0. The molecule has 0 heterocycles. The maximum Gasteiger partial charge on any atom is 0.234 e. The molecule has 0 radical (unpaired) electrons. The lowest BCUT2D eigenvalue weighted by atomic mass is 9.84. The van der Waals surface area contributed by atoms with Crippen molar-refractivity contribution < 1.29 is 4.79 Å². The third-order valence-corrected chi connectivity index (χ3v) is 5.00. The van der Waals surface area contributed by atoms with Crippen molar-refractivity contribution in [3.63, 3.8) is 0 Å². The summed E-state index contributed by atoms with van der Waals surface area (Å²) in [6.45, 7) is 0.473. The summed E-state index contributed by atoms with van der Waals surface area (Å²) < 4.78 is 0. The normalized spacial score (nSPS) is 25.9. The van der Waals surface area contributed by atoms with E-state index < -0.39 is 0 Å². The first kappa shape index (κ1) is 14.9. The van der Waals surface area contributed by atoms with Gasteiger partial charge in [-0.25, -0.2) is 0 Å². The van der Waals surface area contributed by atoms with Gasteiger partial charge in [0.1, 0.15) is 0 Å². The average molecular weight is 307 g/mol. The highest BCUT2D eigenvalue weighted by molar-refractivity contribution is 5.85. The Morgan fingerprint density at radius 1 is 1.24 bits per heavy atom. The largest absolute Gasteiger partial charge is 0.348 e. The molecule has 2 N–H and O–H groups in total. The molecule has 4 heteroatoms. The van der Waals surface area contributed by atoms with Crippen LogP contribution in [0.15, 0.2) is 18.2 Å². The Hall–Kier alpha value is -1.06. The second-order valence-electron chi connectivity index (χ2n) is 6.52. The van der Waals surface area contributed by atoms with Crippen molar-refractivity contribution in [3.8, 4) is 0 Å². The van der Waals surface area contributed by atoms with Crippen LogP contribution in [0.1, 0.15) is 60.8 Å². The summed E-state index contributed by atoms with van der Waals surface area (Å²) in [5.74, 6) is 0.829. The Bertz CT molecular complexity index is 542. The SMILES string of the molecule is Cl.O=C(CNC1CC1)NC1CC2CCCc3cccc1c32. The summed E-state index contributed by atoms with van der Waals surface area (Å²) in [7, 11) is 0. The minimum Gasteiger partial charge on any atom is -0.348 e. The molecule has 0 bridgehead atoms. The zero-order chi connectivity index (χ0) is 13.5. The van der Waals surface area contributed by atoms with Gasteiger partial charge in [-0.3, -0.25) is 4.79 Å². The topological polar surface area (TPSA) is 41.1 Å². The van der Waals surface area contributed by atoms with Crippen molar-refractivity contribution in [3.05, 3.63) is 34.9 Å². The third-order valence-electron chi connectivity index (χ3n) is 5.00. The van der Waals surface area contributed by atoms with Crippen LogP contribution in [0, 0.1) is 0 Å². The van der Waals surface area contributed by atoms with E-state index in [-0.39, 0.29) is 24.4 Å². The first-order valence-corrected chi connectivity index (χ1v) is 7.95. The molecule has 1 aromatic rings. The molecule has 21 heavy (non-hydrogen) atoms. The molecular weight excluding hydrogens is 284 g/mol. The molecule has 1 saturated carbocycles. The van der Waals surface area contributed by atoms with E-state index in [0.29, 0.717) is 18.5 Å². The Balaban J connectivity index is 0.00000132. The number of nitrogens with one attached hydrogen (secondary N) is 2. The Morgan fingerprint density at radius 2 is 2.10 bits per heavy atom. The fourth-order valence-electron chi connectivity index (χ4n) is 3.89. The Labute approximate surface area is 132 Å². The summed E-state index contributed by atoms with van der Waals surface area (Å²) in [4.78, 5) is 12.1. The molecule has 0 aromatic heterocycles. The van der Waals surface area contributed by atoms with Crippen molar-refractivity contribution in [2.45, 2.75) is 56.5 Å². The van der Waals surface area contributed by atoms with Gasteiger partial charge in [-0.05, 0) is 61.1 Å². The number of rotatable bonds is 4. The minimum atomic E-state index is 0. The number of halogens is 1. The number of hydrogen-bond acceptors (Lipinski definition) is 2. The van der Waals surface area contributed by atoms with E-state index in [1.165, 1.54) is 43.2 Å². The molecule has 3 aliphatic rings. The minimum absolute atomic E-state index is 0. The quantitative estimate of drug-likeness (QED) is 0.898. The van der Waals surface area contributed by atoms with Crippen molar-refractivity contribution in [1.29, 1.82) is 0 Å². The number of hydrogen-bond donors (Lipinski definition) is 2. The van der Waals surface area contributed by atoms with Crippen molar-refractivity contribution in [2.24, 2.45) is 0 Å². The van der Waals surface area contributed by atoms with Crippen LogP contribution in [0.4, 0.5) is 0 Å². The van der Waals surface area contributed by atoms with E-state index in [1.807, 2.05) is 0 Å². The first-order valence-electron chi connectivity index (χ1n) is 7.95. The summed E-state index contributed by atoms with van der Waals surface area (Å²) in [6.07, 6.45) is 7.35. The standard InChI is InChI=1S/C17H22N2O.ClH/c20-16(10-18-13-7-8-13)19-15-9-12-5-1-3-11-4-2-6-14(15)17(11)12;/h2,4,6,12-13,15,18H,1,3,5,7-10H2,(H,19,20);1H. The van der Waals surface area contributed by atoms with E-state index in [4.69, 9.17) is 0 Å². The zero-order valence-corrected chi connectivity index (χ0v) is 13.0. The van der Waals surface area contributed by atoms with Crippen LogP contribution in [-0.4, -0.2) is 18.5 Å². The maximum atomic E-state index is 12.1. The number of amides is 1. The smallest absolute Gasteiger partial charge is 0.234 e. The van der Waals surface area contributed by atoms with Gasteiger partial charge in [-0.1, -0.05) is 18.2 Å². The number of carbonyl (C=O) groups is 1. The summed E-state index contributed by atoms with van der Waals surface area (Å²) in [5.41, 5.74) is 4.46. The van der Waals surface area contributed by atoms with Crippen LogP contribution in [-0.2, 0) is 11.2 Å². The molecule has 1 aromatic carbocycles. The molecule has 0 spiro atoms. The molecule has 2 atom stereocenters. The van der Waals surface area contributed by atoms with Crippen molar-refractivity contribution in [1.82, 2.24) is 10.6 Å². The van der Waals surface area contributed by atoms with Gasteiger partial charge >= 0.3 is 0 Å². The molecule has 0 aliphatic heterocycles. The maximum absolute atomic E-state index is 12.1. The second-order valence-corrected chi connectivity index (χ2v) is 6.52. The molecule has 114 valence electrons. The van der Waals surface area contributed by atoms with Gasteiger partial charge in [0.05, 0.1) is 12.6 Å². The number of aryl methyl sites for hydroxylation is 1. The lowest BCUT2D eigenvalue weighted by Gasteiger charge is -2.20. The van der Waals surface area contributed by atoms with Gasteiger partial charge in [-0.15, -0.1) is 12.4 Å². The van der Waals surface area contributed by atoms with Crippen molar-refractivity contribution >= 4 is 18.3 Å². The predicted octanol–water partition coefficient (Wildman–Crippen LogP) is 2.84. The summed E-state index contributed by atoms with van der Waals surface area (Å²) in [5, 5.41) is 6.53. The lowest BCUT2D eigenvalue weighted by molar-refractivity contribution is -0.121. The number of carbonyl (C=O) groups excluding carboxylic acids is 1. The molecular formula is C17H23ClN2O. The van der Waals surface area contributed by atoms with Gasteiger partial charge < -0.3 is 10.6 Å². The molecule has 4 rings (SSSR count). The molecule has 3 nitrogen and oxygen atoms in total. The van der Waals surface area contributed by atoms with Crippen molar-refractivity contribution in [2.75, 3.05) is 6.54 Å². The molecule has 1 amide bonds. The van der Waals surface area contributed by atoms with E-state index in [1.54, 1.807) is 5.56 Å². The molecule has 0 saturated heterocycles. The Kier molecular flexibility index (Phi) is 4.23. The Morgan fingerprint density at radius 3 is 2.90 bits per heavy atom. The number of benzene rings is 1. The molecule has 2 unspecified atom stereocenters. The van der Waals surface area contributed by atoms with E-state index in [2.05, 4.69) is 28.8 Å². The van der Waals surface area contributed by atoms with Gasteiger partial charge in [0.15, 0.2) is 0 Å². The average Bonchev–Trinajstić information content (AvgIpc) is 3.23. The highest BCUT2D eigenvalue weighted by atomic mass is 35.5. The van der Waals surface area contributed by atoms with E-state index in [9.17, 15) is 4.79 Å². The van der Waals surface area contributed by atoms with Crippen LogP contribution < -0.4 is 10.6 Å². The second kappa shape index (κ2) is 5.98. The van der Waals surface area contributed by atoms with Crippen LogP contribution in [0.3, 0.4) is 0 Å². The van der Waals surface area contributed by atoms with Gasteiger partial charge in [0.2, 0.25) is 5.91 Å². The molecule has 3 aliphatic carbocycles. The molecule has 1 fully saturated rings.